The molecule has 7 heteroatoms. The molecule has 0 spiro atoms. The van der Waals surface area contributed by atoms with E-state index in [1.165, 1.54) is 0 Å². The minimum atomic E-state index is -0.760. The molecule has 154 valence electrons. The van der Waals surface area contributed by atoms with Gasteiger partial charge in [-0.15, -0.1) is 0 Å². The molecule has 1 aliphatic heterocycles. The fourth-order valence-corrected chi connectivity index (χ4v) is 4.08. The lowest BCUT2D eigenvalue weighted by Crippen LogP contribution is -2.52. The van der Waals surface area contributed by atoms with E-state index in [9.17, 15) is 4.79 Å². The summed E-state index contributed by atoms with van der Waals surface area (Å²) in [6.07, 6.45) is 6.72. The molecule has 0 radical (unpaired) electrons. The molecule has 0 aliphatic carbocycles. The van der Waals surface area contributed by atoms with Gasteiger partial charge in [-0.1, -0.05) is 18.2 Å². The second-order valence-electron chi connectivity index (χ2n) is 7.58. The Labute approximate surface area is 176 Å². The number of aromatic nitrogens is 3. The summed E-state index contributed by atoms with van der Waals surface area (Å²) in [5.41, 5.74) is 1.09. The molecule has 30 heavy (non-hydrogen) atoms. The van der Waals surface area contributed by atoms with Crippen molar-refractivity contribution in [3.8, 4) is 11.8 Å². The van der Waals surface area contributed by atoms with E-state index in [1.807, 2.05) is 42.5 Å². The Kier molecular flexibility index (Phi) is 5.72. The van der Waals surface area contributed by atoms with Crippen molar-refractivity contribution in [2.75, 3.05) is 20.6 Å². The van der Waals surface area contributed by atoms with Gasteiger partial charge in [0.25, 0.3) is 0 Å². The van der Waals surface area contributed by atoms with E-state index in [-0.39, 0.29) is 5.91 Å². The van der Waals surface area contributed by atoms with E-state index in [2.05, 4.69) is 19.9 Å². The van der Waals surface area contributed by atoms with E-state index in [0.717, 1.165) is 30.6 Å². The number of ether oxygens (including phenoxy) is 1. The number of benzene rings is 1. The molecule has 0 N–H and O–H groups in total. The van der Waals surface area contributed by atoms with Crippen molar-refractivity contribution in [3.05, 3.63) is 78.4 Å². The fourth-order valence-electron chi connectivity index (χ4n) is 4.08. The molecular weight excluding hydrogens is 378 g/mol. The highest BCUT2D eigenvalue weighted by Crippen LogP contribution is 2.40. The Hall–Kier alpha value is -3.32. The number of carbonyl (C=O) groups excluding carboxylic acids is 1. The number of hydrogen-bond donors (Lipinski definition) is 0. The van der Waals surface area contributed by atoms with Gasteiger partial charge in [-0.2, -0.15) is 0 Å². The minimum Gasteiger partial charge on any atom is -0.424 e. The SMILES string of the molecule is CN(C)C(=O)[C@@]1(c2ccccn2)CCCN1Cc1cccc(Oc2ncccn2)c1. The van der Waals surface area contributed by atoms with Crippen LogP contribution in [0.3, 0.4) is 0 Å². The first kappa shape index (κ1) is 20.0. The van der Waals surface area contributed by atoms with Crippen LogP contribution < -0.4 is 4.74 Å². The molecule has 4 rings (SSSR count). The topological polar surface area (TPSA) is 71.5 Å². The first-order valence-corrected chi connectivity index (χ1v) is 10.0. The third-order valence-corrected chi connectivity index (χ3v) is 5.38. The molecule has 2 aromatic heterocycles. The molecule has 1 aliphatic rings. The molecule has 0 unspecified atom stereocenters. The summed E-state index contributed by atoms with van der Waals surface area (Å²) >= 11 is 0. The minimum absolute atomic E-state index is 0.0591. The molecule has 0 saturated carbocycles. The van der Waals surface area contributed by atoms with Gasteiger partial charge in [0, 0.05) is 39.2 Å². The van der Waals surface area contributed by atoms with Crippen molar-refractivity contribution >= 4 is 5.91 Å². The standard InChI is InChI=1S/C23H25N5O2/c1-27(2)21(29)23(20-10-3-4-12-24-20)11-6-15-28(23)17-18-8-5-9-19(16-18)30-22-25-13-7-14-26-22/h3-5,7-10,12-14,16H,6,11,15,17H2,1-2H3/t23-/m0/s1. The van der Waals surface area contributed by atoms with Crippen LogP contribution in [0, 0.1) is 0 Å². The zero-order chi connectivity index (χ0) is 21.0. The lowest BCUT2D eigenvalue weighted by Gasteiger charge is -2.38. The molecule has 3 aromatic rings. The number of likely N-dealkylation sites (tertiary alicyclic amines) is 1. The smallest absolute Gasteiger partial charge is 0.321 e. The maximum atomic E-state index is 13.4. The average Bonchev–Trinajstić information content (AvgIpc) is 3.19. The van der Waals surface area contributed by atoms with Crippen LogP contribution >= 0.6 is 0 Å². The monoisotopic (exact) mass is 403 g/mol. The largest absolute Gasteiger partial charge is 0.424 e. The molecule has 1 saturated heterocycles. The molecule has 1 aromatic carbocycles. The highest BCUT2D eigenvalue weighted by atomic mass is 16.5. The highest BCUT2D eigenvalue weighted by molar-refractivity contribution is 5.87. The molecule has 1 amide bonds. The number of pyridine rings is 1. The van der Waals surface area contributed by atoms with Gasteiger partial charge < -0.3 is 9.64 Å². The second-order valence-corrected chi connectivity index (χ2v) is 7.58. The van der Waals surface area contributed by atoms with E-state index in [1.54, 1.807) is 43.7 Å². The lowest BCUT2D eigenvalue weighted by atomic mass is 9.89. The van der Waals surface area contributed by atoms with Crippen LogP contribution in [0.5, 0.6) is 11.8 Å². The van der Waals surface area contributed by atoms with Gasteiger partial charge in [-0.3, -0.25) is 14.7 Å². The van der Waals surface area contributed by atoms with Gasteiger partial charge in [0.15, 0.2) is 0 Å². The third-order valence-electron chi connectivity index (χ3n) is 5.38. The van der Waals surface area contributed by atoms with Crippen LogP contribution in [0.15, 0.2) is 67.1 Å². The van der Waals surface area contributed by atoms with Crippen molar-refractivity contribution in [2.45, 2.75) is 24.9 Å². The number of likely N-dealkylation sites (N-methyl/N-ethyl adjacent to an activating group) is 1. The van der Waals surface area contributed by atoms with E-state index < -0.39 is 5.54 Å². The van der Waals surface area contributed by atoms with Gasteiger partial charge in [0.1, 0.15) is 11.3 Å². The molecule has 1 atom stereocenters. The first-order chi connectivity index (χ1) is 14.6. The van der Waals surface area contributed by atoms with Crippen molar-refractivity contribution in [3.63, 3.8) is 0 Å². The van der Waals surface area contributed by atoms with Crippen molar-refractivity contribution < 1.29 is 9.53 Å². The zero-order valence-corrected chi connectivity index (χ0v) is 17.2. The fraction of sp³-hybridized carbons (Fsp3) is 0.304. The maximum absolute atomic E-state index is 13.4. The Morgan fingerprint density at radius 1 is 1.07 bits per heavy atom. The van der Waals surface area contributed by atoms with Crippen LogP contribution in [0.25, 0.3) is 0 Å². The molecule has 0 bridgehead atoms. The average molecular weight is 403 g/mol. The Balaban J connectivity index is 1.63. The van der Waals surface area contributed by atoms with Gasteiger partial charge in [0.05, 0.1) is 5.69 Å². The summed E-state index contributed by atoms with van der Waals surface area (Å²) in [5, 5.41) is 0. The summed E-state index contributed by atoms with van der Waals surface area (Å²) in [4.78, 5) is 30.1. The highest BCUT2D eigenvalue weighted by Gasteiger charge is 2.50. The third kappa shape index (κ3) is 3.89. The van der Waals surface area contributed by atoms with Gasteiger partial charge in [-0.05, 0) is 55.3 Å². The van der Waals surface area contributed by atoms with E-state index in [4.69, 9.17) is 4.74 Å². The zero-order valence-electron chi connectivity index (χ0n) is 17.2. The van der Waals surface area contributed by atoms with Gasteiger partial charge in [0.2, 0.25) is 5.91 Å². The molecule has 1 fully saturated rings. The summed E-state index contributed by atoms with van der Waals surface area (Å²) < 4.78 is 5.78. The first-order valence-electron chi connectivity index (χ1n) is 10.0. The Bertz CT molecular complexity index is 997. The number of nitrogens with zero attached hydrogens (tertiary/aromatic N) is 5. The summed E-state index contributed by atoms with van der Waals surface area (Å²) in [6.45, 7) is 1.44. The molecule has 3 heterocycles. The Morgan fingerprint density at radius 3 is 2.60 bits per heavy atom. The van der Waals surface area contributed by atoms with E-state index in [0.29, 0.717) is 18.3 Å². The lowest BCUT2D eigenvalue weighted by molar-refractivity contribution is -0.141. The summed E-state index contributed by atoms with van der Waals surface area (Å²) in [6, 6.07) is 15.7. The predicted octanol–water partition coefficient (Wildman–Crippen LogP) is 3.24. The number of amides is 1. The van der Waals surface area contributed by atoms with Crippen molar-refractivity contribution in [1.82, 2.24) is 24.8 Å². The number of hydrogen-bond acceptors (Lipinski definition) is 6. The van der Waals surface area contributed by atoms with Crippen LogP contribution in [0.4, 0.5) is 0 Å². The van der Waals surface area contributed by atoms with Crippen LogP contribution in [0.2, 0.25) is 0 Å². The quantitative estimate of drug-likeness (QED) is 0.629. The van der Waals surface area contributed by atoms with Crippen LogP contribution in [-0.4, -0.2) is 51.3 Å². The Morgan fingerprint density at radius 2 is 1.87 bits per heavy atom. The van der Waals surface area contributed by atoms with Crippen molar-refractivity contribution in [2.24, 2.45) is 0 Å². The number of rotatable bonds is 6. The maximum Gasteiger partial charge on any atom is 0.321 e. The number of carbonyl (C=O) groups is 1. The molecule has 7 nitrogen and oxygen atoms in total. The van der Waals surface area contributed by atoms with Crippen LogP contribution in [-0.2, 0) is 16.9 Å². The van der Waals surface area contributed by atoms with Gasteiger partial charge in [-0.25, -0.2) is 9.97 Å². The van der Waals surface area contributed by atoms with Gasteiger partial charge >= 0.3 is 6.01 Å². The second kappa shape index (κ2) is 8.59. The van der Waals surface area contributed by atoms with Crippen molar-refractivity contribution in [1.29, 1.82) is 0 Å². The summed E-state index contributed by atoms with van der Waals surface area (Å²) in [7, 11) is 3.61. The van der Waals surface area contributed by atoms with E-state index >= 15 is 0 Å². The molecular formula is C23H25N5O2. The van der Waals surface area contributed by atoms with Crippen LogP contribution in [0.1, 0.15) is 24.1 Å². The normalized spacial score (nSPS) is 18.9. The summed E-state index contributed by atoms with van der Waals surface area (Å²) in [5.74, 6) is 0.726. The predicted molar refractivity (Wildman–Crippen MR) is 113 cm³/mol.